The van der Waals surface area contributed by atoms with Gasteiger partial charge in [0.1, 0.15) is 0 Å². The number of hydrogen-bond acceptors (Lipinski definition) is 2. The molecule has 1 amide bonds. The van der Waals surface area contributed by atoms with Crippen molar-refractivity contribution in [2.75, 3.05) is 5.34 Å². The van der Waals surface area contributed by atoms with Gasteiger partial charge in [-0.3, -0.25) is 9.78 Å². The van der Waals surface area contributed by atoms with Gasteiger partial charge < -0.3 is 5.73 Å². The van der Waals surface area contributed by atoms with E-state index < -0.39 is 5.91 Å². The minimum absolute atomic E-state index is 0.194. The molecule has 0 aliphatic carbocycles. The first-order valence-electron chi connectivity index (χ1n) is 3.04. The minimum atomic E-state index is -0.442. The first kappa shape index (κ1) is 11.2. The molecule has 5 heteroatoms. The Balaban J connectivity index is 0.000000354. The van der Waals surface area contributed by atoms with Crippen molar-refractivity contribution in [2.24, 2.45) is 5.73 Å². The van der Waals surface area contributed by atoms with E-state index in [1.54, 1.807) is 18.3 Å². The predicted octanol–water partition coefficient (Wildman–Crippen LogP) is 1.60. The van der Waals surface area contributed by atoms with E-state index in [0.29, 0.717) is 5.56 Å². The standard InChI is InChI=1S/C6H6N2O.CH2Cl2/c7-6(9)5-2-1-3-8-4-5;2-1-3/h1-4H,(H2,7,9);1H2. The van der Waals surface area contributed by atoms with Gasteiger partial charge in [0.15, 0.2) is 0 Å². The largest absolute Gasteiger partial charge is 0.366 e. The smallest absolute Gasteiger partial charge is 0.250 e. The van der Waals surface area contributed by atoms with E-state index in [4.69, 9.17) is 28.9 Å². The SMILES string of the molecule is ClCCl.NC(=O)c1cccnc1. The first-order chi connectivity index (χ1) is 5.72. The van der Waals surface area contributed by atoms with E-state index in [2.05, 4.69) is 4.98 Å². The number of halogens is 2. The monoisotopic (exact) mass is 206 g/mol. The second kappa shape index (κ2) is 6.88. The maximum atomic E-state index is 10.4. The number of rotatable bonds is 1. The van der Waals surface area contributed by atoms with Gasteiger partial charge in [0.05, 0.1) is 10.9 Å². The molecule has 2 N–H and O–H groups in total. The number of nitrogens with zero attached hydrogens (tertiary/aromatic N) is 1. The number of aromatic nitrogens is 1. The van der Waals surface area contributed by atoms with Crippen LogP contribution in [0, 0.1) is 0 Å². The number of nitrogens with two attached hydrogens (primary N) is 1. The lowest BCUT2D eigenvalue weighted by atomic mass is 10.3. The Hall–Kier alpha value is -0.800. The number of primary amides is 1. The summed E-state index contributed by atoms with van der Waals surface area (Å²) >= 11 is 9.53. The third-order valence-electron chi connectivity index (χ3n) is 0.946. The highest BCUT2D eigenvalue weighted by atomic mass is 35.5. The quantitative estimate of drug-likeness (QED) is 0.711. The van der Waals surface area contributed by atoms with Crippen LogP contribution in [0.1, 0.15) is 10.4 Å². The van der Waals surface area contributed by atoms with Crippen molar-refractivity contribution in [3.05, 3.63) is 30.1 Å². The molecule has 0 bridgehead atoms. The van der Waals surface area contributed by atoms with E-state index in [1.165, 1.54) is 6.20 Å². The molecule has 0 atom stereocenters. The van der Waals surface area contributed by atoms with Crippen molar-refractivity contribution >= 4 is 29.1 Å². The number of hydrogen-bond donors (Lipinski definition) is 1. The van der Waals surface area contributed by atoms with Crippen LogP contribution in [0.15, 0.2) is 24.5 Å². The molecule has 0 unspecified atom stereocenters. The van der Waals surface area contributed by atoms with Crippen LogP contribution in [0.25, 0.3) is 0 Å². The number of amides is 1. The van der Waals surface area contributed by atoms with Gasteiger partial charge in [0.25, 0.3) is 0 Å². The van der Waals surface area contributed by atoms with Gasteiger partial charge in [-0.25, -0.2) is 0 Å². The molecular formula is C7H8Cl2N2O. The number of carbonyl (C=O) groups excluding carboxylic acids is 1. The van der Waals surface area contributed by atoms with E-state index in [1.807, 2.05) is 0 Å². The second-order valence-corrected chi connectivity index (χ2v) is 2.52. The van der Waals surface area contributed by atoms with Crippen LogP contribution in [0.2, 0.25) is 0 Å². The lowest BCUT2D eigenvalue weighted by molar-refractivity contribution is 0.1000. The minimum Gasteiger partial charge on any atom is -0.366 e. The normalized spacial score (nSPS) is 8.17. The molecule has 66 valence electrons. The number of alkyl halides is 2. The fourth-order valence-electron chi connectivity index (χ4n) is 0.509. The van der Waals surface area contributed by atoms with Gasteiger partial charge in [0.2, 0.25) is 5.91 Å². The fourth-order valence-corrected chi connectivity index (χ4v) is 0.509. The topological polar surface area (TPSA) is 56.0 Å². The zero-order valence-electron chi connectivity index (χ0n) is 6.21. The van der Waals surface area contributed by atoms with E-state index >= 15 is 0 Å². The highest BCUT2D eigenvalue weighted by Gasteiger charge is 1.94. The van der Waals surface area contributed by atoms with E-state index in [9.17, 15) is 4.79 Å². The molecule has 12 heavy (non-hydrogen) atoms. The maximum absolute atomic E-state index is 10.4. The Morgan fingerprint density at radius 3 is 2.42 bits per heavy atom. The summed E-state index contributed by atoms with van der Waals surface area (Å²) in [5.74, 6) is -0.442. The summed E-state index contributed by atoms with van der Waals surface area (Å²) in [6.45, 7) is 0. The van der Waals surface area contributed by atoms with Crippen molar-refractivity contribution in [2.45, 2.75) is 0 Å². The zero-order valence-corrected chi connectivity index (χ0v) is 7.72. The van der Waals surface area contributed by atoms with E-state index in [0.717, 1.165) is 0 Å². The molecule has 0 aromatic carbocycles. The van der Waals surface area contributed by atoms with Crippen molar-refractivity contribution < 1.29 is 4.79 Å². The van der Waals surface area contributed by atoms with Crippen molar-refractivity contribution in [1.29, 1.82) is 0 Å². The van der Waals surface area contributed by atoms with Crippen LogP contribution in [-0.4, -0.2) is 16.2 Å². The average molecular weight is 207 g/mol. The Bertz CT molecular complexity index is 228. The summed E-state index contributed by atoms with van der Waals surface area (Å²) in [7, 11) is 0. The molecule has 0 fully saturated rings. The zero-order chi connectivity index (χ0) is 9.40. The summed E-state index contributed by atoms with van der Waals surface area (Å²) in [6.07, 6.45) is 3.02. The third-order valence-corrected chi connectivity index (χ3v) is 0.946. The van der Waals surface area contributed by atoms with Crippen molar-refractivity contribution in [1.82, 2.24) is 4.98 Å². The van der Waals surface area contributed by atoms with Gasteiger partial charge in [-0.05, 0) is 12.1 Å². The lowest BCUT2D eigenvalue weighted by Crippen LogP contribution is -2.10. The van der Waals surface area contributed by atoms with Crippen molar-refractivity contribution in [3.8, 4) is 0 Å². The molecule has 1 aromatic heterocycles. The fraction of sp³-hybridized carbons (Fsp3) is 0.143. The highest BCUT2D eigenvalue weighted by molar-refractivity contribution is 6.40. The Morgan fingerprint density at radius 2 is 2.17 bits per heavy atom. The van der Waals surface area contributed by atoms with Crippen LogP contribution in [-0.2, 0) is 0 Å². The van der Waals surface area contributed by atoms with E-state index in [-0.39, 0.29) is 5.34 Å². The summed E-state index contributed by atoms with van der Waals surface area (Å²) in [4.78, 5) is 14.1. The molecule has 3 nitrogen and oxygen atoms in total. The molecule has 0 saturated heterocycles. The predicted molar refractivity (Wildman–Crippen MR) is 49.3 cm³/mol. The highest BCUT2D eigenvalue weighted by Crippen LogP contribution is 1.91. The third kappa shape index (κ3) is 4.93. The summed E-state index contributed by atoms with van der Waals surface area (Å²) in [5, 5.41) is 0.194. The maximum Gasteiger partial charge on any atom is 0.250 e. The number of carbonyl (C=O) groups is 1. The molecule has 0 aliphatic rings. The van der Waals surface area contributed by atoms with Crippen molar-refractivity contribution in [3.63, 3.8) is 0 Å². The Labute approximate surface area is 80.5 Å². The molecule has 1 rings (SSSR count). The molecule has 0 radical (unpaired) electrons. The molecule has 0 saturated carbocycles. The van der Waals surface area contributed by atoms with Gasteiger partial charge in [-0.2, -0.15) is 0 Å². The van der Waals surface area contributed by atoms with Crippen LogP contribution in [0.5, 0.6) is 0 Å². The molecule has 0 aliphatic heterocycles. The number of pyridine rings is 1. The van der Waals surface area contributed by atoms with Gasteiger partial charge in [-0.1, -0.05) is 0 Å². The average Bonchev–Trinajstić information content (AvgIpc) is 2.07. The summed E-state index contributed by atoms with van der Waals surface area (Å²) in [6, 6.07) is 3.29. The van der Waals surface area contributed by atoms with Gasteiger partial charge >= 0.3 is 0 Å². The van der Waals surface area contributed by atoms with Crippen LogP contribution < -0.4 is 5.73 Å². The Morgan fingerprint density at radius 1 is 1.58 bits per heavy atom. The summed E-state index contributed by atoms with van der Waals surface area (Å²) in [5.41, 5.74) is 5.38. The molecular weight excluding hydrogens is 199 g/mol. The van der Waals surface area contributed by atoms with Crippen LogP contribution >= 0.6 is 23.2 Å². The Kier molecular flexibility index (Phi) is 6.42. The summed E-state index contributed by atoms with van der Waals surface area (Å²) < 4.78 is 0. The van der Waals surface area contributed by atoms with Gasteiger partial charge in [-0.15, -0.1) is 23.2 Å². The molecule has 1 aromatic rings. The second-order valence-electron chi connectivity index (χ2n) is 1.71. The van der Waals surface area contributed by atoms with Crippen LogP contribution in [0.3, 0.4) is 0 Å². The molecule has 1 heterocycles. The first-order valence-corrected chi connectivity index (χ1v) is 4.11. The lowest BCUT2D eigenvalue weighted by Gasteiger charge is -1.88. The van der Waals surface area contributed by atoms with Gasteiger partial charge in [0, 0.05) is 12.4 Å². The molecule has 0 spiro atoms. The van der Waals surface area contributed by atoms with Crippen LogP contribution in [0.4, 0.5) is 0 Å².